The SMILES string of the molecule is COCCS(=O)CC(N)c1ccc2ccccc2c1. The average Bonchev–Trinajstić information content (AvgIpc) is 2.44. The molecule has 2 aromatic carbocycles. The molecule has 0 amide bonds. The summed E-state index contributed by atoms with van der Waals surface area (Å²) >= 11 is 0. The maximum atomic E-state index is 11.8. The van der Waals surface area contributed by atoms with Gasteiger partial charge in [-0.2, -0.15) is 0 Å². The summed E-state index contributed by atoms with van der Waals surface area (Å²) in [6, 6.07) is 14.1. The third kappa shape index (κ3) is 3.86. The maximum Gasteiger partial charge on any atom is 0.0577 e. The fraction of sp³-hybridized carbons (Fsp3) is 0.333. The Morgan fingerprint density at radius 2 is 1.95 bits per heavy atom. The lowest BCUT2D eigenvalue weighted by atomic mass is 10.0. The van der Waals surface area contributed by atoms with Gasteiger partial charge in [-0.05, 0) is 22.4 Å². The molecule has 0 aliphatic heterocycles. The Morgan fingerprint density at radius 1 is 1.21 bits per heavy atom. The molecule has 0 saturated carbocycles. The van der Waals surface area contributed by atoms with E-state index in [-0.39, 0.29) is 6.04 Å². The van der Waals surface area contributed by atoms with Crippen molar-refractivity contribution in [3.8, 4) is 0 Å². The largest absolute Gasteiger partial charge is 0.384 e. The Hall–Kier alpha value is -1.23. The van der Waals surface area contributed by atoms with Crippen LogP contribution in [0.3, 0.4) is 0 Å². The van der Waals surface area contributed by atoms with Crippen LogP contribution in [-0.4, -0.2) is 29.4 Å². The molecule has 0 bridgehead atoms. The lowest BCUT2D eigenvalue weighted by molar-refractivity contribution is 0.218. The smallest absolute Gasteiger partial charge is 0.0577 e. The van der Waals surface area contributed by atoms with Crippen LogP contribution in [-0.2, 0) is 15.5 Å². The minimum Gasteiger partial charge on any atom is -0.384 e. The summed E-state index contributed by atoms with van der Waals surface area (Å²) in [7, 11) is 0.677. The maximum absolute atomic E-state index is 11.8. The minimum absolute atomic E-state index is 0.192. The van der Waals surface area contributed by atoms with Gasteiger partial charge in [0.05, 0.1) is 6.61 Å². The normalized spacial score (nSPS) is 14.4. The van der Waals surface area contributed by atoms with Crippen LogP contribution < -0.4 is 5.73 Å². The highest BCUT2D eigenvalue weighted by atomic mass is 32.2. The molecule has 0 saturated heterocycles. The van der Waals surface area contributed by atoms with Crippen molar-refractivity contribution in [3.63, 3.8) is 0 Å². The Labute approximate surface area is 116 Å². The number of hydrogen-bond donors (Lipinski definition) is 1. The molecule has 2 atom stereocenters. The first-order chi connectivity index (χ1) is 9.20. The highest BCUT2D eigenvalue weighted by Crippen LogP contribution is 2.19. The monoisotopic (exact) mass is 277 g/mol. The van der Waals surface area contributed by atoms with Gasteiger partial charge in [-0.15, -0.1) is 0 Å². The fourth-order valence-corrected chi connectivity index (χ4v) is 3.11. The van der Waals surface area contributed by atoms with Gasteiger partial charge in [0.25, 0.3) is 0 Å². The zero-order chi connectivity index (χ0) is 13.7. The molecule has 3 nitrogen and oxygen atoms in total. The van der Waals surface area contributed by atoms with E-state index in [0.29, 0.717) is 18.1 Å². The number of benzene rings is 2. The second-order valence-electron chi connectivity index (χ2n) is 4.52. The molecular formula is C15H19NO2S. The number of methoxy groups -OCH3 is 1. The predicted octanol–water partition coefficient (Wildman–Crippen LogP) is 2.23. The zero-order valence-electron chi connectivity index (χ0n) is 11.0. The van der Waals surface area contributed by atoms with Crippen LogP contribution in [0, 0.1) is 0 Å². The molecule has 4 heteroatoms. The van der Waals surface area contributed by atoms with Crippen molar-refractivity contribution in [2.75, 3.05) is 25.2 Å². The van der Waals surface area contributed by atoms with Gasteiger partial charge < -0.3 is 10.5 Å². The molecular weight excluding hydrogens is 258 g/mol. The van der Waals surface area contributed by atoms with Gasteiger partial charge in [0.15, 0.2) is 0 Å². The molecule has 2 rings (SSSR count). The molecule has 0 heterocycles. The van der Waals surface area contributed by atoms with Gasteiger partial charge in [0.2, 0.25) is 0 Å². The molecule has 0 aliphatic rings. The Kier molecular flexibility index (Phi) is 5.07. The lowest BCUT2D eigenvalue weighted by Gasteiger charge is -2.12. The second kappa shape index (κ2) is 6.80. The first-order valence-electron chi connectivity index (χ1n) is 6.29. The number of hydrogen-bond acceptors (Lipinski definition) is 3. The van der Waals surface area contributed by atoms with E-state index in [1.165, 1.54) is 5.39 Å². The van der Waals surface area contributed by atoms with Gasteiger partial charge in [-0.3, -0.25) is 4.21 Å². The minimum atomic E-state index is -0.934. The lowest BCUT2D eigenvalue weighted by Crippen LogP contribution is -2.20. The van der Waals surface area contributed by atoms with E-state index >= 15 is 0 Å². The highest BCUT2D eigenvalue weighted by molar-refractivity contribution is 7.85. The Morgan fingerprint density at radius 3 is 2.68 bits per heavy atom. The molecule has 0 fully saturated rings. The third-order valence-corrected chi connectivity index (χ3v) is 4.44. The number of fused-ring (bicyclic) bond motifs is 1. The van der Waals surface area contributed by atoms with Crippen molar-refractivity contribution in [3.05, 3.63) is 48.0 Å². The molecule has 2 N–H and O–H groups in total. The summed E-state index contributed by atoms with van der Waals surface area (Å²) in [4.78, 5) is 0. The van der Waals surface area contributed by atoms with Crippen LogP contribution in [0.2, 0.25) is 0 Å². The number of nitrogens with two attached hydrogens (primary N) is 1. The van der Waals surface area contributed by atoms with E-state index in [9.17, 15) is 4.21 Å². The quantitative estimate of drug-likeness (QED) is 0.881. The van der Waals surface area contributed by atoms with Gasteiger partial charge in [0.1, 0.15) is 0 Å². The molecule has 0 spiro atoms. The van der Waals surface area contributed by atoms with Crippen molar-refractivity contribution >= 4 is 21.6 Å². The van der Waals surface area contributed by atoms with Crippen LogP contribution in [0.4, 0.5) is 0 Å². The standard InChI is InChI=1S/C15H19NO2S/c1-18-8-9-19(17)11-15(16)14-7-6-12-4-2-3-5-13(12)10-14/h2-7,10,15H,8-9,11,16H2,1H3. The fourth-order valence-electron chi connectivity index (χ4n) is 1.99. The molecule has 19 heavy (non-hydrogen) atoms. The van der Waals surface area contributed by atoms with Crippen LogP contribution in [0.25, 0.3) is 10.8 Å². The summed E-state index contributed by atoms with van der Waals surface area (Å²) < 4.78 is 16.7. The first kappa shape index (κ1) is 14.2. The van der Waals surface area contributed by atoms with Crippen LogP contribution >= 0.6 is 0 Å². The van der Waals surface area contributed by atoms with Crippen LogP contribution in [0.15, 0.2) is 42.5 Å². The molecule has 102 valence electrons. The highest BCUT2D eigenvalue weighted by Gasteiger charge is 2.10. The van der Waals surface area contributed by atoms with Gasteiger partial charge in [-0.25, -0.2) is 0 Å². The Balaban J connectivity index is 2.08. The van der Waals surface area contributed by atoms with Gasteiger partial charge >= 0.3 is 0 Å². The third-order valence-electron chi connectivity index (χ3n) is 3.08. The molecule has 0 aromatic heterocycles. The predicted molar refractivity (Wildman–Crippen MR) is 80.6 cm³/mol. The van der Waals surface area contributed by atoms with E-state index in [2.05, 4.69) is 24.3 Å². The summed E-state index contributed by atoms with van der Waals surface area (Å²) in [5.74, 6) is 1.01. The average molecular weight is 277 g/mol. The van der Waals surface area contributed by atoms with Gasteiger partial charge in [-0.1, -0.05) is 36.4 Å². The molecule has 0 radical (unpaired) electrons. The summed E-state index contributed by atoms with van der Waals surface area (Å²) in [5.41, 5.74) is 7.16. The van der Waals surface area contributed by atoms with E-state index < -0.39 is 10.8 Å². The van der Waals surface area contributed by atoms with Crippen molar-refractivity contribution in [1.82, 2.24) is 0 Å². The zero-order valence-corrected chi connectivity index (χ0v) is 11.9. The first-order valence-corrected chi connectivity index (χ1v) is 7.77. The summed E-state index contributed by atoms with van der Waals surface area (Å²) in [6.07, 6.45) is 0. The number of ether oxygens (including phenoxy) is 1. The topological polar surface area (TPSA) is 52.3 Å². The van der Waals surface area contributed by atoms with Crippen molar-refractivity contribution in [1.29, 1.82) is 0 Å². The van der Waals surface area contributed by atoms with Crippen LogP contribution in [0.1, 0.15) is 11.6 Å². The van der Waals surface area contributed by atoms with Crippen LogP contribution in [0.5, 0.6) is 0 Å². The summed E-state index contributed by atoms with van der Waals surface area (Å²) in [6.45, 7) is 0.511. The van der Waals surface area contributed by atoms with Crippen molar-refractivity contribution in [2.45, 2.75) is 6.04 Å². The Bertz CT molecular complexity index is 571. The molecule has 2 unspecified atom stereocenters. The van der Waals surface area contributed by atoms with Crippen molar-refractivity contribution < 1.29 is 8.95 Å². The summed E-state index contributed by atoms with van der Waals surface area (Å²) in [5, 5.41) is 2.36. The van der Waals surface area contributed by atoms with Crippen molar-refractivity contribution in [2.24, 2.45) is 5.73 Å². The van der Waals surface area contributed by atoms with E-state index in [1.54, 1.807) is 7.11 Å². The molecule has 0 aliphatic carbocycles. The van der Waals surface area contributed by atoms with E-state index in [1.807, 2.05) is 18.2 Å². The number of rotatable bonds is 6. The second-order valence-corrected chi connectivity index (χ2v) is 6.14. The van der Waals surface area contributed by atoms with E-state index in [4.69, 9.17) is 10.5 Å². The molecule has 2 aromatic rings. The van der Waals surface area contributed by atoms with E-state index in [0.717, 1.165) is 10.9 Å². The van der Waals surface area contributed by atoms with Gasteiger partial charge in [0, 0.05) is 35.5 Å².